The second-order valence-electron chi connectivity index (χ2n) is 7.16. The summed E-state index contributed by atoms with van der Waals surface area (Å²) >= 11 is 2.95. The number of benzene rings is 1. The minimum absolute atomic E-state index is 0.398. The highest BCUT2D eigenvalue weighted by molar-refractivity contribution is 7.99. The van der Waals surface area contributed by atoms with Gasteiger partial charge in [-0.1, -0.05) is 30.3 Å². The fourth-order valence-electron chi connectivity index (χ4n) is 3.39. The highest BCUT2D eigenvalue weighted by Gasteiger charge is 2.19. The fraction of sp³-hybridized carbons (Fsp3) is 0.0417. The molecule has 7 nitrogen and oxygen atoms in total. The summed E-state index contributed by atoms with van der Waals surface area (Å²) in [5, 5.41) is 10.5. The second-order valence-corrected chi connectivity index (χ2v) is 9.13. The molecule has 160 valence electrons. The van der Waals surface area contributed by atoms with Crippen LogP contribution in [0.5, 0.6) is 0 Å². The van der Waals surface area contributed by atoms with Gasteiger partial charge in [-0.25, -0.2) is 9.97 Å². The third kappa shape index (κ3) is 3.81. The zero-order valence-electron chi connectivity index (χ0n) is 17.3. The molecule has 0 aliphatic heterocycles. The van der Waals surface area contributed by atoms with Gasteiger partial charge in [-0.05, 0) is 48.5 Å². The first-order chi connectivity index (χ1) is 16.2. The van der Waals surface area contributed by atoms with Gasteiger partial charge in [-0.2, -0.15) is 0 Å². The predicted octanol–water partition coefficient (Wildman–Crippen LogP) is 6.52. The molecule has 6 rings (SSSR count). The third-order valence-electron chi connectivity index (χ3n) is 5.02. The molecule has 0 spiro atoms. The van der Waals surface area contributed by atoms with Crippen molar-refractivity contribution in [3.8, 4) is 33.3 Å². The topological polar surface area (TPSA) is 90.7 Å². The summed E-state index contributed by atoms with van der Waals surface area (Å²) in [7, 11) is 0. The summed E-state index contributed by atoms with van der Waals surface area (Å²) in [5.41, 5.74) is 2.76. The van der Waals surface area contributed by atoms with Crippen LogP contribution in [0.2, 0.25) is 0 Å². The Labute approximate surface area is 196 Å². The lowest BCUT2D eigenvalue weighted by molar-refractivity contribution is 0.463. The zero-order valence-corrected chi connectivity index (χ0v) is 18.9. The number of thiophene rings is 1. The molecule has 33 heavy (non-hydrogen) atoms. The Balaban J connectivity index is 1.46. The molecule has 0 aliphatic rings. The first-order valence-electron chi connectivity index (χ1n) is 10.1. The molecule has 0 unspecified atom stereocenters. The molecule has 0 saturated carbocycles. The van der Waals surface area contributed by atoms with E-state index in [1.54, 1.807) is 30.0 Å². The fourth-order valence-corrected chi connectivity index (χ4v) is 5.26. The van der Waals surface area contributed by atoms with Crippen LogP contribution in [0, 0.1) is 6.92 Å². The molecule has 0 saturated heterocycles. The number of fused-ring (bicyclic) bond motifs is 1. The van der Waals surface area contributed by atoms with Gasteiger partial charge in [-0.15, -0.1) is 21.5 Å². The van der Waals surface area contributed by atoms with Crippen molar-refractivity contribution in [3.05, 3.63) is 79.0 Å². The van der Waals surface area contributed by atoms with Crippen LogP contribution in [0.15, 0.2) is 92.3 Å². The lowest BCUT2D eigenvalue weighted by atomic mass is 10.2. The average Bonchev–Trinajstić information content (AvgIpc) is 3.60. The zero-order chi connectivity index (χ0) is 22.2. The van der Waals surface area contributed by atoms with E-state index in [4.69, 9.17) is 18.8 Å². The Morgan fingerprint density at radius 2 is 1.82 bits per heavy atom. The van der Waals surface area contributed by atoms with Gasteiger partial charge in [0.1, 0.15) is 15.6 Å². The summed E-state index contributed by atoms with van der Waals surface area (Å²) in [5.74, 6) is 1.74. The Bertz CT molecular complexity index is 1560. The average molecular weight is 470 g/mol. The van der Waals surface area contributed by atoms with Crippen molar-refractivity contribution in [2.24, 2.45) is 0 Å². The van der Waals surface area contributed by atoms with Crippen LogP contribution >= 0.6 is 23.1 Å². The molecule has 1 aromatic carbocycles. The van der Waals surface area contributed by atoms with E-state index in [1.165, 1.54) is 11.8 Å². The predicted molar refractivity (Wildman–Crippen MR) is 127 cm³/mol. The monoisotopic (exact) mass is 469 g/mol. The summed E-state index contributed by atoms with van der Waals surface area (Å²) in [6.45, 7) is 1.86. The van der Waals surface area contributed by atoms with Crippen molar-refractivity contribution in [2.75, 3.05) is 0 Å². The maximum Gasteiger partial charge on any atom is 0.283 e. The molecule has 5 heterocycles. The van der Waals surface area contributed by atoms with E-state index in [9.17, 15) is 0 Å². The Morgan fingerprint density at radius 3 is 2.61 bits per heavy atom. The first kappa shape index (κ1) is 19.8. The van der Waals surface area contributed by atoms with E-state index >= 15 is 0 Å². The molecule has 0 amide bonds. The van der Waals surface area contributed by atoms with Crippen LogP contribution in [0.3, 0.4) is 0 Å². The Kier molecular flexibility index (Phi) is 4.97. The van der Waals surface area contributed by atoms with Gasteiger partial charge in [0.25, 0.3) is 11.1 Å². The van der Waals surface area contributed by atoms with Crippen LogP contribution in [0.4, 0.5) is 0 Å². The summed E-state index contributed by atoms with van der Waals surface area (Å²) in [6.07, 6.45) is 5.09. The number of aromatic nitrogens is 5. The van der Waals surface area contributed by atoms with E-state index in [-0.39, 0.29) is 0 Å². The van der Waals surface area contributed by atoms with Crippen molar-refractivity contribution < 1.29 is 8.83 Å². The molecule has 5 aromatic heterocycles. The minimum Gasteiger partial charge on any atom is -0.469 e. The van der Waals surface area contributed by atoms with Crippen LogP contribution in [-0.2, 0) is 0 Å². The van der Waals surface area contributed by atoms with Crippen molar-refractivity contribution in [1.29, 1.82) is 0 Å². The maximum absolute atomic E-state index is 5.91. The number of hydrogen-bond acceptors (Lipinski definition) is 9. The van der Waals surface area contributed by atoms with Crippen molar-refractivity contribution in [2.45, 2.75) is 17.2 Å². The standard InChI is InChI=1S/C24H15N5O2S2/c1-14-17(9-11-30-14)21-28-29-24(31-21)33-23-18-12-19(15-6-3-2-4-7-15)32-22(18)26-20(27-23)16-8-5-10-25-13-16/h2-13H,1H3. The van der Waals surface area contributed by atoms with Gasteiger partial charge in [0.05, 0.1) is 11.8 Å². The molecule has 0 fully saturated rings. The van der Waals surface area contributed by atoms with Crippen molar-refractivity contribution in [3.63, 3.8) is 0 Å². The number of rotatable bonds is 5. The van der Waals surface area contributed by atoms with Crippen LogP contribution < -0.4 is 0 Å². The van der Waals surface area contributed by atoms with Gasteiger partial charge < -0.3 is 8.83 Å². The molecule has 0 aliphatic carbocycles. The highest BCUT2D eigenvalue weighted by Crippen LogP contribution is 2.40. The molecular formula is C24H15N5O2S2. The summed E-state index contributed by atoms with van der Waals surface area (Å²) in [6, 6.07) is 18.0. The smallest absolute Gasteiger partial charge is 0.283 e. The maximum atomic E-state index is 5.91. The van der Waals surface area contributed by atoms with E-state index in [2.05, 4.69) is 33.4 Å². The van der Waals surface area contributed by atoms with Gasteiger partial charge in [0.2, 0.25) is 0 Å². The summed E-state index contributed by atoms with van der Waals surface area (Å²) in [4.78, 5) is 15.9. The highest BCUT2D eigenvalue weighted by atomic mass is 32.2. The number of pyridine rings is 1. The number of hydrogen-bond donors (Lipinski definition) is 0. The van der Waals surface area contributed by atoms with E-state index in [0.29, 0.717) is 16.9 Å². The molecule has 6 aromatic rings. The molecule has 0 radical (unpaired) electrons. The van der Waals surface area contributed by atoms with Crippen molar-refractivity contribution >= 4 is 33.3 Å². The van der Waals surface area contributed by atoms with Gasteiger partial charge in [-0.3, -0.25) is 4.98 Å². The van der Waals surface area contributed by atoms with E-state index in [1.807, 2.05) is 43.3 Å². The van der Waals surface area contributed by atoms with Gasteiger partial charge in [0, 0.05) is 28.2 Å². The quantitative estimate of drug-likeness (QED) is 0.263. The van der Waals surface area contributed by atoms with E-state index in [0.717, 1.165) is 42.6 Å². The minimum atomic E-state index is 0.398. The van der Waals surface area contributed by atoms with Gasteiger partial charge in [0.15, 0.2) is 5.82 Å². The van der Waals surface area contributed by atoms with Crippen LogP contribution in [-0.4, -0.2) is 25.1 Å². The molecule has 0 atom stereocenters. The number of aryl methyl sites for hydroxylation is 1. The molecule has 0 bridgehead atoms. The van der Waals surface area contributed by atoms with Gasteiger partial charge >= 0.3 is 0 Å². The number of furan rings is 1. The molecular weight excluding hydrogens is 454 g/mol. The number of nitrogens with zero attached hydrogens (tertiary/aromatic N) is 5. The molecule has 0 N–H and O–H groups in total. The van der Waals surface area contributed by atoms with Crippen LogP contribution in [0.25, 0.3) is 43.5 Å². The SMILES string of the molecule is Cc1occc1-c1nnc(Sc2nc(-c3cccnc3)nc3sc(-c4ccccc4)cc23)o1. The lowest BCUT2D eigenvalue weighted by Crippen LogP contribution is -1.92. The largest absolute Gasteiger partial charge is 0.469 e. The Morgan fingerprint density at radius 1 is 0.939 bits per heavy atom. The van der Waals surface area contributed by atoms with Crippen molar-refractivity contribution in [1.82, 2.24) is 25.1 Å². The first-order valence-corrected chi connectivity index (χ1v) is 11.7. The molecule has 9 heteroatoms. The van der Waals surface area contributed by atoms with Crippen LogP contribution in [0.1, 0.15) is 5.76 Å². The third-order valence-corrected chi connectivity index (χ3v) is 6.94. The lowest BCUT2D eigenvalue weighted by Gasteiger charge is -2.03. The normalized spacial score (nSPS) is 11.3. The second kappa shape index (κ2) is 8.27. The summed E-state index contributed by atoms with van der Waals surface area (Å²) < 4.78 is 11.3. The Hall–Kier alpha value is -3.82. The van der Waals surface area contributed by atoms with E-state index < -0.39 is 0 Å².